The lowest BCUT2D eigenvalue weighted by Gasteiger charge is -2.33. The Kier molecular flexibility index (Phi) is 9.76. The molecule has 7 nitrogen and oxygen atoms in total. The van der Waals surface area contributed by atoms with Crippen molar-refractivity contribution in [2.75, 3.05) is 17.9 Å². The van der Waals surface area contributed by atoms with E-state index in [9.17, 15) is 22.4 Å². The zero-order valence-electron chi connectivity index (χ0n) is 21.1. The van der Waals surface area contributed by atoms with Crippen molar-refractivity contribution in [2.45, 2.75) is 37.8 Å². The van der Waals surface area contributed by atoms with Crippen molar-refractivity contribution < 1.29 is 22.4 Å². The van der Waals surface area contributed by atoms with Gasteiger partial charge in [-0.3, -0.25) is 13.9 Å². The number of nitrogens with zero attached hydrogens (tertiary/aromatic N) is 2. The number of anilines is 1. The van der Waals surface area contributed by atoms with Gasteiger partial charge in [0, 0.05) is 29.2 Å². The third kappa shape index (κ3) is 6.64. The molecule has 3 aromatic rings. The summed E-state index contributed by atoms with van der Waals surface area (Å²) in [6.07, 6.45) is 0.253. The molecule has 0 fully saturated rings. The van der Waals surface area contributed by atoms with Gasteiger partial charge in [0.25, 0.3) is 10.0 Å². The quantitative estimate of drug-likeness (QED) is 0.358. The highest BCUT2D eigenvalue weighted by Gasteiger charge is 2.34. The summed E-state index contributed by atoms with van der Waals surface area (Å²) in [4.78, 5) is 27.7. The zero-order valence-corrected chi connectivity index (χ0v) is 23.4. The number of sulfonamides is 1. The van der Waals surface area contributed by atoms with Gasteiger partial charge in [0.05, 0.1) is 10.6 Å². The number of rotatable bonds is 10. The van der Waals surface area contributed by atoms with E-state index >= 15 is 0 Å². The Morgan fingerprint density at radius 2 is 1.55 bits per heavy atom. The molecule has 0 radical (unpaired) electrons. The fraction of sp³-hybridized carbons (Fsp3) is 0.259. The lowest BCUT2D eigenvalue weighted by molar-refractivity contribution is -0.140. The predicted octanol–water partition coefficient (Wildman–Crippen LogP) is 5.19. The molecule has 11 heteroatoms. The van der Waals surface area contributed by atoms with Crippen LogP contribution in [0.2, 0.25) is 10.0 Å². The predicted molar refractivity (Wildman–Crippen MR) is 147 cm³/mol. The largest absolute Gasteiger partial charge is 0.357 e. The van der Waals surface area contributed by atoms with E-state index in [0.29, 0.717) is 15.6 Å². The van der Waals surface area contributed by atoms with Gasteiger partial charge in [-0.25, -0.2) is 12.8 Å². The second-order valence-electron chi connectivity index (χ2n) is 8.56. The van der Waals surface area contributed by atoms with Gasteiger partial charge in [0.1, 0.15) is 18.4 Å². The molecule has 0 heterocycles. The highest BCUT2D eigenvalue weighted by Crippen LogP contribution is 2.29. The van der Waals surface area contributed by atoms with Crippen LogP contribution in [-0.4, -0.2) is 44.8 Å². The van der Waals surface area contributed by atoms with Crippen molar-refractivity contribution in [1.82, 2.24) is 10.2 Å². The third-order valence-corrected chi connectivity index (χ3v) is 8.52. The number of carbonyl (C=O) groups is 2. The standard InChI is InChI=1S/C27H28Cl2FN3O4S/c1-4-25(27(35)31-3)32(16-22-23(28)6-5-7-24(22)29)26(34)17-33(20-12-8-18(2)9-13-20)38(36,37)21-14-10-19(30)11-15-21/h5-15,25H,4,16-17H2,1-3H3,(H,31,35)/t25-/m1/s1. The average molecular weight is 581 g/mol. The molecule has 202 valence electrons. The second-order valence-corrected chi connectivity index (χ2v) is 11.2. The Morgan fingerprint density at radius 3 is 2.08 bits per heavy atom. The highest BCUT2D eigenvalue weighted by atomic mass is 35.5. The summed E-state index contributed by atoms with van der Waals surface area (Å²) in [5.74, 6) is -1.67. The number of aryl methyl sites for hydroxylation is 1. The van der Waals surface area contributed by atoms with E-state index in [1.807, 2.05) is 6.92 Å². The monoisotopic (exact) mass is 579 g/mol. The smallest absolute Gasteiger partial charge is 0.264 e. The van der Waals surface area contributed by atoms with E-state index in [1.165, 1.54) is 11.9 Å². The maximum absolute atomic E-state index is 13.9. The number of carbonyl (C=O) groups excluding carboxylic acids is 2. The molecular formula is C27H28Cl2FN3O4S. The minimum absolute atomic E-state index is 0.123. The minimum Gasteiger partial charge on any atom is -0.357 e. The molecule has 0 spiro atoms. The van der Waals surface area contributed by atoms with E-state index in [0.717, 1.165) is 34.1 Å². The van der Waals surface area contributed by atoms with Crippen molar-refractivity contribution >= 4 is 50.7 Å². The Hall–Kier alpha value is -3.14. The number of hydrogen-bond donors (Lipinski definition) is 1. The second kappa shape index (κ2) is 12.6. The zero-order chi connectivity index (χ0) is 28.0. The van der Waals surface area contributed by atoms with Crippen LogP contribution >= 0.6 is 23.2 Å². The fourth-order valence-electron chi connectivity index (χ4n) is 3.91. The first kappa shape index (κ1) is 29.4. The van der Waals surface area contributed by atoms with E-state index in [1.54, 1.807) is 49.4 Å². The molecule has 0 saturated carbocycles. The molecule has 0 aliphatic heterocycles. The molecule has 1 atom stereocenters. The highest BCUT2D eigenvalue weighted by molar-refractivity contribution is 7.92. The van der Waals surface area contributed by atoms with Gasteiger partial charge in [-0.05, 0) is 61.9 Å². The van der Waals surface area contributed by atoms with Crippen LogP contribution in [0.1, 0.15) is 24.5 Å². The Bertz CT molecular complexity index is 1380. The van der Waals surface area contributed by atoms with Gasteiger partial charge in [0.15, 0.2) is 0 Å². The van der Waals surface area contributed by atoms with Crippen LogP contribution < -0.4 is 9.62 Å². The topological polar surface area (TPSA) is 86.8 Å². The molecule has 0 aliphatic rings. The van der Waals surface area contributed by atoms with Crippen molar-refractivity contribution in [3.63, 3.8) is 0 Å². The van der Waals surface area contributed by atoms with Crippen LogP contribution in [0.25, 0.3) is 0 Å². The van der Waals surface area contributed by atoms with E-state index in [4.69, 9.17) is 23.2 Å². The molecule has 0 unspecified atom stereocenters. The maximum Gasteiger partial charge on any atom is 0.264 e. The van der Waals surface area contributed by atoms with Crippen molar-refractivity contribution in [2.24, 2.45) is 0 Å². The molecule has 1 N–H and O–H groups in total. The fourth-order valence-corrected chi connectivity index (χ4v) is 5.84. The van der Waals surface area contributed by atoms with Gasteiger partial charge >= 0.3 is 0 Å². The average Bonchev–Trinajstić information content (AvgIpc) is 2.89. The van der Waals surface area contributed by atoms with Crippen LogP contribution in [0, 0.1) is 12.7 Å². The maximum atomic E-state index is 13.9. The first-order chi connectivity index (χ1) is 18.0. The third-order valence-electron chi connectivity index (χ3n) is 6.02. The number of hydrogen-bond acceptors (Lipinski definition) is 4. The number of amides is 2. The summed E-state index contributed by atoms with van der Waals surface area (Å²) >= 11 is 12.7. The number of nitrogens with one attached hydrogen (secondary N) is 1. The van der Waals surface area contributed by atoms with Crippen LogP contribution in [0.4, 0.5) is 10.1 Å². The summed E-state index contributed by atoms with van der Waals surface area (Å²) in [6.45, 7) is 2.83. The van der Waals surface area contributed by atoms with E-state index in [-0.39, 0.29) is 23.5 Å². The van der Waals surface area contributed by atoms with Crippen molar-refractivity contribution in [1.29, 1.82) is 0 Å². The number of halogens is 3. The van der Waals surface area contributed by atoms with Gasteiger partial charge in [-0.1, -0.05) is 53.9 Å². The molecule has 0 aliphatic carbocycles. The summed E-state index contributed by atoms with van der Waals surface area (Å²) in [5.41, 5.74) is 1.55. The van der Waals surface area contributed by atoms with Gasteiger partial charge in [-0.2, -0.15) is 0 Å². The molecule has 2 amide bonds. The molecular weight excluding hydrogens is 552 g/mol. The Balaban J connectivity index is 2.09. The lowest BCUT2D eigenvalue weighted by Crippen LogP contribution is -2.51. The minimum atomic E-state index is -4.29. The van der Waals surface area contributed by atoms with E-state index < -0.39 is 40.2 Å². The molecule has 0 saturated heterocycles. The van der Waals surface area contributed by atoms with Gasteiger partial charge in [0.2, 0.25) is 11.8 Å². The SMILES string of the molecule is CC[C@H](C(=O)NC)N(Cc1c(Cl)cccc1Cl)C(=O)CN(c1ccc(C)cc1)S(=O)(=O)c1ccc(F)cc1. The number of benzene rings is 3. The number of likely N-dealkylation sites (N-methyl/N-ethyl adjacent to an activating group) is 1. The van der Waals surface area contributed by atoms with Gasteiger partial charge in [-0.15, -0.1) is 0 Å². The normalized spacial score (nSPS) is 12.1. The molecule has 3 aromatic carbocycles. The Morgan fingerprint density at radius 1 is 0.974 bits per heavy atom. The van der Waals surface area contributed by atoms with Crippen LogP contribution in [0.3, 0.4) is 0 Å². The summed E-state index contributed by atoms with van der Waals surface area (Å²) < 4.78 is 41.9. The van der Waals surface area contributed by atoms with Crippen molar-refractivity contribution in [3.8, 4) is 0 Å². The molecule has 38 heavy (non-hydrogen) atoms. The summed E-state index contributed by atoms with van der Waals surface area (Å²) in [7, 11) is -2.84. The van der Waals surface area contributed by atoms with Gasteiger partial charge < -0.3 is 10.2 Å². The summed E-state index contributed by atoms with van der Waals surface area (Å²) in [5, 5.41) is 3.16. The van der Waals surface area contributed by atoms with Crippen molar-refractivity contribution in [3.05, 3.63) is 93.7 Å². The summed E-state index contributed by atoms with van der Waals surface area (Å²) in [6, 6.07) is 14.9. The molecule has 3 rings (SSSR count). The molecule has 0 bridgehead atoms. The van der Waals surface area contributed by atoms with Crippen LogP contribution in [-0.2, 0) is 26.2 Å². The molecule has 0 aromatic heterocycles. The van der Waals surface area contributed by atoms with Crippen LogP contribution in [0.15, 0.2) is 71.6 Å². The van der Waals surface area contributed by atoms with E-state index in [2.05, 4.69) is 5.32 Å². The first-order valence-electron chi connectivity index (χ1n) is 11.8. The first-order valence-corrected chi connectivity index (χ1v) is 14.0. The Labute approximate surface area is 232 Å². The lowest BCUT2D eigenvalue weighted by atomic mass is 10.1. The van der Waals surface area contributed by atoms with Crippen LogP contribution in [0.5, 0.6) is 0 Å².